The maximum atomic E-state index is 14.9. The predicted octanol–water partition coefficient (Wildman–Crippen LogP) is 3.82. The normalized spacial score (nSPS) is 22.6. The van der Waals surface area contributed by atoms with Crippen molar-refractivity contribution in [3.63, 3.8) is 0 Å². The zero-order chi connectivity index (χ0) is 63.7. The van der Waals surface area contributed by atoms with E-state index in [0.717, 1.165) is 5.56 Å². The molecule has 0 aromatic heterocycles. The average Bonchev–Trinajstić information content (AvgIpc) is 3.57. The number of methoxy groups -OCH3 is 1. The van der Waals surface area contributed by atoms with Crippen LogP contribution in [0.5, 0.6) is 5.75 Å². The second-order valence-corrected chi connectivity index (χ2v) is 24.6. The summed E-state index contributed by atoms with van der Waals surface area (Å²) < 4.78 is 11.2. The number of ether oxygens (including phenoxy) is 2. The average molecular weight is 1170 g/mol. The van der Waals surface area contributed by atoms with Gasteiger partial charge in [-0.3, -0.25) is 52.8 Å². The number of nitrogens with zero attached hydrogens (tertiary/aromatic N) is 7. The monoisotopic (exact) mass is 1170 g/mol. The Morgan fingerprint density at radius 3 is 1.80 bits per heavy atom. The Morgan fingerprint density at radius 1 is 0.699 bits per heavy atom. The number of nitrogens with one attached hydrogen (secondary N) is 3. The van der Waals surface area contributed by atoms with Gasteiger partial charge in [-0.2, -0.15) is 0 Å². The molecule has 0 unspecified atom stereocenters. The number of likely N-dealkylation sites (N-methyl/N-ethyl adjacent to an activating group) is 7. The van der Waals surface area contributed by atoms with E-state index in [1.54, 1.807) is 71.1 Å². The first-order valence-electron chi connectivity index (χ1n) is 29.5. The van der Waals surface area contributed by atoms with E-state index in [4.69, 9.17) is 9.47 Å². The third-order valence-corrected chi connectivity index (χ3v) is 16.1. The van der Waals surface area contributed by atoms with Crippen LogP contribution in [0.2, 0.25) is 0 Å². The first kappa shape index (κ1) is 72.8. The van der Waals surface area contributed by atoms with Gasteiger partial charge in [0.25, 0.3) is 5.91 Å². The number of carbonyl (C=O) groups is 10. The Bertz CT molecular complexity index is 2360. The molecule has 3 N–H and O–H groups in total. The number of hydrogen-bond donors (Lipinski definition) is 3. The molecule has 0 aliphatic carbocycles. The maximum absolute atomic E-state index is 14.9. The first-order valence-corrected chi connectivity index (χ1v) is 29.5. The van der Waals surface area contributed by atoms with Gasteiger partial charge in [0.15, 0.2) is 6.10 Å². The van der Waals surface area contributed by atoms with Crippen molar-refractivity contribution in [2.45, 2.75) is 195 Å². The molecule has 22 heteroatoms. The largest absolute Gasteiger partial charge is 0.497 e. The second kappa shape index (κ2) is 33.2. The van der Waals surface area contributed by atoms with Crippen LogP contribution in [0, 0.1) is 29.6 Å². The SMILES string of the molecule is CC[C@H](C)[C@H]1C(=O)N[C@@H](C)C(=O)N(C)[C@@H](CC(C)C)C(=O)N[C@@H](Cc2ccc(OC)cc2)C(=O)N(C)CCCC[C@H](NC(=O)[C@H](CC(C)C)N(C)C(=O)[C@H](C)N(C)C(=O)[C@H](OC(=O)[C@H](C(C)C)N(C)C)C(C)C)C(=O)N(C)[C@@H](C)C(=O)N1C. The molecule has 1 heterocycles. The summed E-state index contributed by atoms with van der Waals surface area (Å²) >= 11 is 0. The van der Waals surface area contributed by atoms with Crippen molar-refractivity contribution in [1.82, 2.24) is 50.2 Å². The van der Waals surface area contributed by atoms with E-state index in [1.165, 1.54) is 92.5 Å². The molecular weight excluding hydrogens is 1060 g/mol. The summed E-state index contributed by atoms with van der Waals surface area (Å²) in [6.07, 6.45) is 0.375. The van der Waals surface area contributed by atoms with Crippen LogP contribution in [-0.4, -0.2) is 224 Å². The lowest BCUT2D eigenvalue weighted by Crippen LogP contribution is -2.61. The first-order chi connectivity index (χ1) is 38.5. The highest BCUT2D eigenvalue weighted by Crippen LogP contribution is 2.23. The van der Waals surface area contributed by atoms with E-state index in [1.807, 2.05) is 48.5 Å². The number of amides is 9. The van der Waals surface area contributed by atoms with Crippen molar-refractivity contribution in [1.29, 1.82) is 0 Å². The highest BCUT2D eigenvalue weighted by atomic mass is 16.6. The van der Waals surface area contributed by atoms with Crippen LogP contribution in [0.25, 0.3) is 0 Å². The summed E-state index contributed by atoms with van der Waals surface area (Å²) in [5, 5.41) is 8.68. The predicted molar refractivity (Wildman–Crippen MR) is 319 cm³/mol. The lowest BCUT2D eigenvalue weighted by atomic mass is 9.95. The van der Waals surface area contributed by atoms with Crippen LogP contribution in [-0.2, 0) is 59.1 Å². The summed E-state index contributed by atoms with van der Waals surface area (Å²) in [6, 6.07) is -2.61. The molecule has 1 aromatic rings. The molecule has 0 saturated carbocycles. The van der Waals surface area contributed by atoms with Gasteiger partial charge in [-0.1, -0.05) is 87.8 Å². The minimum atomic E-state index is -1.26. The molecule has 0 bridgehead atoms. The lowest BCUT2D eigenvalue weighted by Gasteiger charge is -2.38. The van der Waals surface area contributed by atoms with Crippen LogP contribution in [0.1, 0.15) is 134 Å². The summed E-state index contributed by atoms with van der Waals surface area (Å²) in [7, 11) is 13.9. The molecule has 22 nitrogen and oxygen atoms in total. The molecular formula is C61H104N10O12. The zero-order valence-corrected chi connectivity index (χ0v) is 54.2. The highest BCUT2D eigenvalue weighted by molar-refractivity contribution is 5.98. The molecule has 9 amide bonds. The van der Waals surface area contributed by atoms with Crippen molar-refractivity contribution in [2.75, 3.05) is 70.0 Å². The van der Waals surface area contributed by atoms with Gasteiger partial charge in [0.1, 0.15) is 60.1 Å². The molecule has 0 radical (unpaired) electrons. The standard InChI is InChI=1S/C61H104N10O12/c1-23-39(10)50-54(74)62-40(11)55(75)69(19)47(32-35(2)3)53(73)64-46(34-43-27-29-44(82-22)30-28-43)58(78)66(16)31-25-24-26-45(59(79)67(17)42(13)57(77)71(50)21)63-52(72)48(33-36(4)5)70(20)56(76)41(12)68(18)60(80)51(38(8)9)83-61(81)49(37(6)7)65(14)15/h27-30,35-42,45-51H,23-26,31-34H2,1-22H3,(H,62,74)(H,63,72)(H,64,73)/t39-,40-,41-,42-,45-,46-,47-,48-,49-,50-,51+/m0/s1. The number of benzene rings is 1. The van der Waals surface area contributed by atoms with E-state index in [0.29, 0.717) is 18.6 Å². The van der Waals surface area contributed by atoms with Crippen LogP contribution in [0.15, 0.2) is 24.3 Å². The molecule has 83 heavy (non-hydrogen) atoms. The molecule has 2 rings (SSSR count). The van der Waals surface area contributed by atoms with Crippen molar-refractivity contribution in [2.24, 2.45) is 29.6 Å². The third-order valence-electron chi connectivity index (χ3n) is 16.1. The highest BCUT2D eigenvalue weighted by Gasteiger charge is 2.42. The molecule has 11 atom stereocenters. The van der Waals surface area contributed by atoms with Crippen LogP contribution >= 0.6 is 0 Å². The Hall–Kier alpha value is -6.32. The molecule has 1 aromatic carbocycles. The van der Waals surface area contributed by atoms with Crippen molar-refractivity contribution in [3.05, 3.63) is 29.8 Å². The second-order valence-electron chi connectivity index (χ2n) is 24.6. The molecule has 1 fully saturated rings. The van der Waals surface area contributed by atoms with Gasteiger partial charge in [0.2, 0.25) is 47.3 Å². The molecule has 1 saturated heterocycles. The number of esters is 1. The number of carbonyl (C=O) groups excluding carboxylic acids is 10. The molecule has 1 aliphatic rings. The van der Waals surface area contributed by atoms with Crippen molar-refractivity contribution >= 4 is 59.1 Å². The maximum Gasteiger partial charge on any atom is 0.324 e. The van der Waals surface area contributed by atoms with E-state index < -0.39 is 131 Å². The topological polar surface area (TPSA) is 248 Å². The Balaban J connectivity index is 2.73. The molecule has 0 spiro atoms. The minimum absolute atomic E-state index is 0.0350. The summed E-state index contributed by atoms with van der Waals surface area (Å²) in [6.45, 7) is 23.2. The van der Waals surface area contributed by atoms with Gasteiger partial charge in [-0.25, -0.2) is 0 Å². The van der Waals surface area contributed by atoms with Crippen molar-refractivity contribution < 1.29 is 57.4 Å². The van der Waals surface area contributed by atoms with E-state index in [9.17, 15) is 47.9 Å². The zero-order valence-electron chi connectivity index (χ0n) is 54.2. The summed E-state index contributed by atoms with van der Waals surface area (Å²) in [5.74, 6) is -6.43. The molecule has 470 valence electrons. The van der Waals surface area contributed by atoms with Gasteiger partial charge in [-0.05, 0) is 114 Å². The Kier molecular flexibility index (Phi) is 29.2. The summed E-state index contributed by atoms with van der Waals surface area (Å²) in [4.78, 5) is 153. The fourth-order valence-electron chi connectivity index (χ4n) is 10.5. The lowest BCUT2D eigenvalue weighted by molar-refractivity contribution is -0.169. The van der Waals surface area contributed by atoms with Crippen LogP contribution in [0.3, 0.4) is 0 Å². The van der Waals surface area contributed by atoms with Crippen LogP contribution in [0.4, 0.5) is 0 Å². The van der Waals surface area contributed by atoms with Crippen molar-refractivity contribution in [3.8, 4) is 5.75 Å². The fourth-order valence-corrected chi connectivity index (χ4v) is 10.5. The van der Waals surface area contributed by atoms with Gasteiger partial charge >= 0.3 is 5.97 Å². The van der Waals surface area contributed by atoms with Gasteiger partial charge < -0.3 is 54.8 Å². The Morgan fingerprint density at radius 2 is 1.29 bits per heavy atom. The van der Waals surface area contributed by atoms with Gasteiger partial charge in [0.05, 0.1) is 7.11 Å². The number of rotatable bonds is 20. The van der Waals surface area contributed by atoms with E-state index >= 15 is 0 Å². The third kappa shape index (κ3) is 20.2. The number of hydrogen-bond acceptors (Lipinski definition) is 13. The Labute approximate surface area is 495 Å². The van der Waals surface area contributed by atoms with E-state index in [2.05, 4.69) is 16.0 Å². The van der Waals surface area contributed by atoms with Crippen LogP contribution < -0.4 is 20.7 Å². The summed E-state index contributed by atoms with van der Waals surface area (Å²) in [5.41, 5.74) is 0.728. The smallest absolute Gasteiger partial charge is 0.324 e. The van der Waals surface area contributed by atoms with Gasteiger partial charge in [-0.15, -0.1) is 0 Å². The quantitative estimate of drug-likeness (QED) is 0.157. The fraction of sp³-hybridized carbons (Fsp3) is 0.738. The molecule has 1 aliphatic heterocycles. The minimum Gasteiger partial charge on any atom is -0.497 e. The van der Waals surface area contributed by atoms with E-state index in [-0.39, 0.29) is 56.4 Å². The van der Waals surface area contributed by atoms with Gasteiger partial charge in [0, 0.05) is 55.3 Å².